The first kappa shape index (κ1) is 18.0. The number of rotatable bonds is 6. The van der Waals surface area contributed by atoms with Crippen molar-refractivity contribution in [2.75, 3.05) is 6.54 Å². The molecule has 1 amide bonds. The van der Waals surface area contributed by atoms with Crippen molar-refractivity contribution < 1.29 is 27.8 Å². The SMILES string of the molecule is CC(C)C(O)CNC(=O)/C=C/c1ccccc1OC(F)(F)F. The Bertz CT molecular complexity index is 527. The van der Waals surface area contributed by atoms with E-state index in [2.05, 4.69) is 10.1 Å². The van der Waals surface area contributed by atoms with Crippen LogP contribution in [0.2, 0.25) is 0 Å². The Balaban J connectivity index is 2.68. The second-order valence-electron chi connectivity index (χ2n) is 4.98. The first-order valence-electron chi connectivity index (χ1n) is 6.68. The van der Waals surface area contributed by atoms with E-state index in [1.165, 1.54) is 24.3 Å². The van der Waals surface area contributed by atoms with Crippen LogP contribution in [0.1, 0.15) is 19.4 Å². The van der Waals surface area contributed by atoms with E-state index in [-0.39, 0.29) is 23.8 Å². The molecule has 0 aromatic heterocycles. The van der Waals surface area contributed by atoms with Gasteiger partial charge in [0, 0.05) is 18.2 Å². The first-order chi connectivity index (χ1) is 10.2. The number of aliphatic hydroxyl groups excluding tert-OH is 1. The molecule has 0 aliphatic rings. The number of carbonyl (C=O) groups excluding carboxylic acids is 1. The number of halogens is 3. The number of hydrogen-bond acceptors (Lipinski definition) is 3. The summed E-state index contributed by atoms with van der Waals surface area (Å²) in [6.45, 7) is 3.68. The highest BCUT2D eigenvalue weighted by Gasteiger charge is 2.31. The maximum absolute atomic E-state index is 12.3. The largest absolute Gasteiger partial charge is 0.573 e. The lowest BCUT2D eigenvalue weighted by Crippen LogP contribution is -2.33. The van der Waals surface area contributed by atoms with Crippen molar-refractivity contribution >= 4 is 12.0 Å². The lowest BCUT2D eigenvalue weighted by atomic mass is 10.1. The molecule has 1 unspecified atom stereocenters. The predicted octanol–water partition coefficient (Wildman–Crippen LogP) is 2.73. The third kappa shape index (κ3) is 6.62. The number of nitrogens with one attached hydrogen (secondary N) is 1. The molecule has 1 rings (SSSR count). The maximum Gasteiger partial charge on any atom is 0.573 e. The topological polar surface area (TPSA) is 58.6 Å². The Kier molecular flexibility index (Phi) is 6.42. The van der Waals surface area contributed by atoms with E-state index in [9.17, 15) is 23.1 Å². The molecule has 7 heteroatoms. The van der Waals surface area contributed by atoms with Crippen LogP contribution in [-0.2, 0) is 4.79 Å². The monoisotopic (exact) mass is 317 g/mol. The minimum atomic E-state index is -4.80. The Labute approximate surface area is 126 Å². The molecule has 2 N–H and O–H groups in total. The maximum atomic E-state index is 12.3. The Morgan fingerprint density at radius 1 is 1.36 bits per heavy atom. The minimum absolute atomic E-state index is 0.00908. The van der Waals surface area contributed by atoms with Crippen molar-refractivity contribution in [1.82, 2.24) is 5.32 Å². The van der Waals surface area contributed by atoms with Gasteiger partial charge in [-0.05, 0) is 18.1 Å². The summed E-state index contributed by atoms with van der Waals surface area (Å²) in [5.41, 5.74) is 0.124. The minimum Gasteiger partial charge on any atom is -0.405 e. The third-order valence-corrected chi connectivity index (χ3v) is 2.81. The summed E-state index contributed by atoms with van der Waals surface area (Å²) >= 11 is 0. The molecule has 1 aromatic carbocycles. The Morgan fingerprint density at radius 3 is 2.59 bits per heavy atom. The molecule has 0 heterocycles. The van der Waals surface area contributed by atoms with Gasteiger partial charge in [0.25, 0.3) is 0 Å². The zero-order chi connectivity index (χ0) is 16.8. The second-order valence-corrected chi connectivity index (χ2v) is 4.98. The van der Waals surface area contributed by atoms with Gasteiger partial charge in [-0.2, -0.15) is 0 Å². The van der Waals surface area contributed by atoms with Crippen LogP contribution < -0.4 is 10.1 Å². The highest BCUT2D eigenvalue weighted by molar-refractivity contribution is 5.92. The van der Waals surface area contributed by atoms with E-state index in [1.807, 2.05) is 0 Å². The molecule has 0 bridgehead atoms. The summed E-state index contributed by atoms with van der Waals surface area (Å²) < 4.78 is 40.6. The number of alkyl halides is 3. The van der Waals surface area contributed by atoms with E-state index >= 15 is 0 Å². The van der Waals surface area contributed by atoms with Crippen LogP contribution in [-0.4, -0.2) is 30.0 Å². The molecule has 1 atom stereocenters. The fourth-order valence-electron chi connectivity index (χ4n) is 1.50. The van der Waals surface area contributed by atoms with Gasteiger partial charge < -0.3 is 15.2 Å². The van der Waals surface area contributed by atoms with Crippen LogP contribution in [0, 0.1) is 5.92 Å². The van der Waals surface area contributed by atoms with Crippen LogP contribution >= 0.6 is 0 Å². The fourth-order valence-corrected chi connectivity index (χ4v) is 1.50. The summed E-state index contributed by atoms with van der Waals surface area (Å²) in [6, 6.07) is 5.49. The van der Waals surface area contributed by atoms with Crippen LogP contribution in [0.15, 0.2) is 30.3 Å². The standard InChI is InChI=1S/C15H18F3NO3/c1-10(2)12(20)9-19-14(21)8-7-11-5-3-4-6-13(11)22-15(16,17)18/h3-8,10,12,20H,9H2,1-2H3,(H,19,21)/b8-7+. The van der Waals surface area contributed by atoms with Crippen LogP contribution in [0.4, 0.5) is 13.2 Å². The molecular weight excluding hydrogens is 299 g/mol. The molecule has 1 aromatic rings. The molecule has 0 spiro atoms. The molecule has 122 valence electrons. The number of aliphatic hydroxyl groups is 1. The molecule has 0 aliphatic carbocycles. The van der Waals surface area contributed by atoms with Crippen LogP contribution in [0.25, 0.3) is 6.08 Å². The summed E-state index contributed by atoms with van der Waals surface area (Å²) in [4.78, 5) is 11.6. The summed E-state index contributed by atoms with van der Waals surface area (Å²) in [5, 5.41) is 12.0. The Morgan fingerprint density at radius 2 is 2.00 bits per heavy atom. The van der Waals surface area contributed by atoms with Gasteiger partial charge in [0.2, 0.25) is 5.91 Å². The zero-order valence-corrected chi connectivity index (χ0v) is 12.2. The lowest BCUT2D eigenvalue weighted by molar-refractivity contribution is -0.274. The average molecular weight is 317 g/mol. The molecule has 0 radical (unpaired) electrons. The summed E-state index contributed by atoms with van der Waals surface area (Å²) in [6.07, 6.45) is -3.17. The average Bonchev–Trinajstić information content (AvgIpc) is 2.42. The van der Waals surface area contributed by atoms with Gasteiger partial charge in [0.05, 0.1) is 6.10 Å². The normalized spacial score (nSPS) is 13.4. The molecule has 22 heavy (non-hydrogen) atoms. The van der Waals surface area contributed by atoms with Gasteiger partial charge in [-0.25, -0.2) is 0 Å². The zero-order valence-electron chi connectivity index (χ0n) is 12.2. The van der Waals surface area contributed by atoms with Crippen molar-refractivity contribution in [2.24, 2.45) is 5.92 Å². The highest BCUT2D eigenvalue weighted by Crippen LogP contribution is 2.26. The van der Waals surface area contributed by atoms with E-state index < -0.39 is 18.4 Å². The number of ether oxygens (including phenoxy) is 1. The van der Waals surface area contributed by atoms with Crippen molar-refractivity contribution in [3.05, 3.63) is 35.9 Å². The lowest BCUT2D eigenvalue weighted by Gasteiger charge is -2.14. The summed E-state index contributed by atoms with van der Waals surface area (Å²) in [7, 11) is 0. The van der Waals surface area contributed by atoms with Gasteiger partial charge in [-0.1, -0.05) is 32.0 Å². The molecule has 0 aliphatic heterocycles. The number of amides is 1. The van der Waals surface area contributed by atoms with Gasteiger partial charge in [0.15, 0.2) is 0 Å². The molecule has 4 nitrogen and oxygen atoms in total. The molecule has 0 saturated carbocycles. The number of para-hydroxylation sites is 1. The molecule has 0 fully saturated rings. The second kappa shape index (κ2) is 7.84. The molecule has 0 saturated heterocycles. The van der Waals surface area contributed by atoms with Gasteiger partial charge >= 0.3 is 6.36 Å². The van der Waals surface area contributed by atoms with Crippen molar-refractivity contribution in [2.45, 2.75) is 26.3 Å². The van der Waals surface area contributed by atoms with Crippen molar-refractivity contribution in [3.8, 4) is 5.75 Å². The number of benzene rings is 1. The predicted molar refractivity (Wildman–Crippen MR) is 76.0 cm³/mol. The van der Waals surface area contributed by atoms with Crippen LogP contribution in [0.5, 0.6) is 5.75 Å². The van der Waals surface area contributed by atoms with Crippen molar-refractivity contribution in [1.29, 1.82) is 0 Å². The van der Waals surface area contributed by atoms with E-state index in [4.69, 9.17) is 0 Å². The molecular formula is C15H18F3NO3. The smallest absolute Gasteiger partial charge is 0.405 e. The van der Waals surface area contributed by atoms with E-state index in [0.717, 1.165) is 12.1 Å². The highest BCUT2D eigenvalue weighted by atomic mass is 19.4. The van der Waals surface area contributed by atoms with Gasteiger partial charge in [-0.15, -0.1) is 13.2 Å². The van der Waals surface area contributed by atoms with E-state index in [0.29, 0.717) is 0 Å². The quantitative estimate of drug-likeness (QED) is 0.793. The number of hydrogen-bond donors (Lipinski definition) is 2. The first-order valence-corrected chi connectivity index (χ1v) is 6.68. The Hall–Kier alpha value is -2.02. The third-order valence-electron chi connectivity index (χ3n) is 2.81. The van der Waals surface area contributed by atoms with Crippen molar-refractivity contribution in [3.63, 3.8) is 0 Å². The van der Waals surface area contributed by atoms with E-state index in [1.54, 1.807) is 13.8 Å². The van der Waals surface area contributed by atoms with Gasteiger partial charge in [0.1, 0.15) is 5.75 Å². The van der Waals surface area contributed by atoms with Crippen LogP contribution in [0.3, 0.4) is 0 Å². The fraction of sp³-hybridized carbons (Fsp3) is 0.400. The summed E-state index contributed by atoms with van der Waals surface area (Å²) in [5.74, 6) is -0.909. The van der Waals surface area contributed by atoms with Gasteiger partial charge in [-0.3, -0.25) is 4.79 Å². The number of carbonyl (C=O) groups is 1.